The molecule has 3 rings (SSSR count). The number of alkyl halides is 2. The second-order valence-corrected chi connectivity index (χ2v) is 5.77. The van der Waals surface area contributed by atoms with Crippen molar-refractivity contribution < 1.29 is 18.4 Å². The van der Waals surface area contributed by atoms with Gasteiger partial charge in [0.25, 0.3) is 17.7 Å². The zero-order valence-electron chi connectivity index (χ0n) is 13.4. The number of amides is 2. The minimum atomic E-state index is -2.99. The van der Waals surface area contributed by atoms with E-state index in [1.54, 1.807) is 12.1 Å². The molecule has 10 heteroatoms. The molecule has 0 unspecified atom stereocenters. The van der Waals surface area contributed by atoms with Crippen molar-refractivity contribution in [1.29, 1.82) is 0 Å². The molecule has 1 fully saturated rings. The van der Waals surface area contributed by atoms with E-state index in [1.807, 2.05) is 0 Å². The topological polar surface area (TPSA) is 93.0 Å². The number of hydrogen-bond acceptors (Lipinski definition) is 5. The van der Waals surface area contributed by atoms with E-state index in [-0.39, 0.29) is 17.9 Å². The van der Waals surface area contributed by atoms with Crippen LogP contribution < -0.4 is 5.32 Å². The highest BCUT2D eigenvalue weighted by molar-refractivity contribution is 5.93. The fraction of sp³-hybridized carbons (Fsp3) is 0.400. The van der Waals surface area contributed by atoms with Gasteiger partial charge < -0.3 is 10.2 Å². The second kappa shape index (κ2) is 6.54. The normalized spacial score (nSPS) is 19.0. The summed E-state index contributed by atoms with van der Waals surface area (Å²) in [6, 6.07) is 3.97. The highest BCUT2D eigenvalue weighted by atomic mass is 19.3. The van der Waals surface area contributed by atoms with Crippen LogP contribution in [0.15, 0.2) is 30.6 Å². The summed E-state index contributed by atoms with van der Waals surface area (Å²) in [5.74, 6) is -3.97. The van der Waals surface area contributed by atoms with Crippen LogP contribution in [-0.2, 0) is 6.54 Å². The van der Waals surface area contributed by atoms with Crippen LogP contribution in [-0.4, -0.2) is 62.2 Å². The smallest absolute Gasteiger partial charge is 0.273 e. The number of aromatic nitrogens is 4. The van der Waals surface area contributed by atoms with Gasteiger partial charge in [-0.05, 0) is 12.1 Å². The number of likely N-dealkylation sites (tertiary alicyclic amines) is 1. The summed E-state index contributed by atoms with van der Waals surface area (Å²) in [4.78, 5) is 29.0. The molecule has 0 bridgehead atoms. The van der Waals surface area contributed by atoms with E-state index in [2.05, 4.69) is 20.6 Å². The predicted octanol–water partition coefficient (Wildman–Crippen LogP) is 0.583. The van der Waals surface area contributed by atoms with Gasteiger partial charge in [-0.3, -0.25) is 14.6 Å². The molecule has 0 aromatic carbocycles. The van der Waals surface area contributed by atoms with Gasteiger partial charge in [-0.15, -0.1) is 5.10 Å². The minimum absolute atomic E-state index is 0.0121. The van der Waals surface area contributed by atoms with Gasteiger partial charge in [0, 0.05) is 19.7 Å². The lowest BCUT2D eigenvalue weighted by atomic mass is 10.2. The molecule has 8 nitrogen and oxygen atoms in total. The largest absolute Gasteiger partial charge is 0.354 e. The van der Waals surface area contributed by atoms with E-state index in [0.717, 1.165) is 4.90 Å². The van der Waals surface area contributed by atoms with Crippen molar-refractivity contribution in [3.05, 3.63) is 42.0 Å². The minimum Gasteiger partial charge on any atom is -0.354 e. The van der Waals surface area contributed by atoms with Crippen LogP contribution in [0.5, 0.6) is 0 Å². The van der Waals surface area contributed by atoms with Crippen LogP contribution >= 0.6 is 0 Å². The van der Waals surface area contributed by atoms with Crippen LogP contribution in [0.2, 0.25) is 0 Å². The average Bonchev–Trinajstić information content (AvgIpc) is 3.18. The fourth-order valence-corrected chi connectivity index (χ4v) is 2.77. The van der Waals surface area contributed by atoms with Gasteiger partial charge in [0.05, 0.1) is 25.3 Å². The molecular formula is C15H16F2N6O2. The first kappa shape index (κ1) is 16.9. The van der Waals surface area contributed by atoms with Gasteiger partial charge in [0.15, 0.2) is 5.69 Å². The molecule has 1 aliphatic rings. The summed E-state index contributed by atoms with van der Waals surface area (Å²) in [6.07, 6.45) is 2.31. The zero-order valence-corrected chi connectivity index (χ0v) is 13.4. The molecule has 2 aromatic rings. The highest BCUT2D eigenvalue weighted by Gasteiger charge is 2.47. The molecule has 2 amide bonds. The van der Waals surface area contributed by atoms with Crippen molar-refractivity contribution in [3.8, 4) is 0 Å². The Bertz CT molecular complexity index is 779. The van der Waals surface area contributed by atoms with Crippen LogP contribution in [0.25, 0.3) is 0 Å². The Morgan fingerprint density at radius 1 is 1.36 bits per heavy atom. The molecule has 0 radical (unpaired) electrons. The zero-order chi connectivity index (χ0) is 18.0. The van der Waals surface area contributed by atoms with E-state index in [4.69, 9.17) is 0 Å². The number of nitrogens with zero attached hydrogens (tertiary/aromatic N) is 5. The van der Waals surface area contributed by atoms with E-state index < -0.39 is 36.7 Å². The first-order valence-electron chi connectivity index (χ1n) is 7.62. The second-order valence-electron chi connectivity index (χ2n) is 5.77. The summed E-state index contributed by atoms with van der Waals surface area (Å²) in [7, 11) is 1.45. The Hall–Kier alpha value is -2.91. The maximum Gasteiger partial charge on any atom is 0.273 e. The average molecular weight is 350 g/mol. The summed E-state index contributed by atoms with van der Waals surface area (Å²) in [5.41, 5.74) is 0.185. The SMILES string of the molecule is CNC(=O)c1cn(C[C@@H]2CC(F)(F)CN2C(=O)c2ccccn2)nn1. The van der Waals surface area contributed by atoms with E-state index in [1.165, 1.54) is 30.2 Å². The highest BCUT2D eigenvalue weighted by Crippen LogP contribution is 2.33. The van der Waals surface area contributed by atoms with Gasteiger partial charge in [-0.1, -0.05) is 11.3 Å². The van der Waals surface area contributed by atoms with Crippen LogP contribution in [0, 0.1) is 0 Å². The van der Waals surface area contributed by atoms with Gasteiger partial charge in [-0.2, -0.15) is 0 Å². The third kappa shape index (κ3) is 3.62. The Kier molecular flexibility index (Phi) is 4.43. The van der Waals surface area contributed by atoms with Gasteiger partial charge in [0.1, 0.15) is 5.69 Å². The molecule has 25 heavy (non-hydrogen) atoms. The monoisotopic (exact) mass is 350 g/mol. The van der Waals surface area contributed by atoms with Gasteiger partial charge in [0.2, 0.25) is 0 Å². The van der Waals surface area contributed by atoms with Crippen molar-refractivity contribution in [2.75, 3.05) is 13.6 Å². The summed E-state index contributed by atoms with van der Waals surface area (Å²) in [6.45, 7) is -0.664. The van der Waals surface area contributed by atoms with Crippen molar-refractivity contribution in [2.24, 2.45) is 0 Å². The Labute approximate surface area is 141 Å². The Morgan fingerprint density at radius 3 is 2.84 bits per heavy atom. The maximum atomic E-state index is 13.9. The number of carbonyl (C=O) groups is 2. The van der Waals surface area contributed by atoms with Crippen LogP contribution in [0.4, 0.5) is 8.78 Å². The molecule has 0 aliphatic carbocycles. The van der Waals surface area contributed by atoms with Crippen LogP contribution in [0.1, 0.15) is 27.4 Å². The Morgan fingerprint density at radius 2 is 2.16 bits per heavy atom. The molecule has 1 atom stereocenters. The van der Waals surface area contributed by atoms with Gasteiger partial charge in [-0.25, -0.2) is 13.5 Å². The molecule has 1 saturated heterocycles. The van der Waals surface area contributed by atoms with Crippen molar-refractivity contribution in [2.45, 2.75) is 24.9 Å². The number of halogens is 2. The lowest BCUT2D eigenvalue weighted by Gasteiger charge is -2.23. The lowest BCUT2D eigenvalue weighted by Crippen LogP contribution is -2.39. The predicted molar refractivity (Wildman–Crippen MR) is 82.0 cm³/mol. The van der Waals surface area contributed by atoms with Crippen molar-refractivity contribution in [1.82, 2.24) is 30.2 Å². The summed E-state index contributed by atoms with van der Waals surface area (Å²) < 4.78 is 29.1. The third-order valence-electron chi connectivity index (χ3n) is 3.92. The van der Waals surface area contributed by atoms with E-state index in [0.29, 0.717) is 0 Å². The number of carbonyl (C=O) groups excluding carboxylic acids is 2. The van der Waals surface area contributed by atoms with Crippen molar-refractivity contribution in [3.63, 3.8) is 0 Å². The maximum absolute atomic E-state index is 13.9. The summed E-state index contributed by atoms with van der Waals surface area (Å²) in [5, 5.41) is 9.86. The standard InChI is InChI=1S/C15H16F2N6O2/c1-18-13(24)12-8-22(21-20-12)7-10-6-15(16,17)9-23(10)14(25)11-4-2-3-5-19-11/h2-5,8,10H,6-7,9H2,1H3,(H,18,24)/t10-/m0/s1. The number of pyridine rings is 1. The fourth-order valence-electron chi connectivity index (χ4n) is 2.77. The number of nitrogens with one attached hydrogen (secondary N) is 1. The number of hydrogen-bond donors (Lipinski definition) is 1. The molecular weight excluding hydrogens is 334 g/mol. The van der Waals surface area contributed by atoms with Gasteiger partial charge >= 0.3 is 0 Å². The summed E-state index contributed by atoms with van der Waals surface area (Å²) >= 11 is 0. The first-order chi connectivity index (χ1) is 11.9. The van der Waals surface area contributed by atoms with Crippen molar-refractivity contribution >= 4 is 11.8 Å². The molecule has 1 N–H and O–H groups in total. The molecule has 3 heterocycles. The molecule has 132 valence electrons. The quantitative estimate of drug-likeness (QED) is 0.871. The number of rotatable bonds is 4. The molecule has 0 spiro atoms. The molecule has 1 aliphatic heterocycles. The van der Waals surface area contributed by atoms with E-state index >= 15 is 0 Å². The first-order valence-corrected chi connectivity index (χ1v) is 7.62. The lowest BCUT2D eigenvalue weighted by molar-refractivity contribution is 0.0116. The molecule has 0 saturated carbocycles. The van der Waals surface area contributed by atoms with Crippen LogP contribution in [0.3, 0.4) is 0 Å². The van der Waals surface area contributed by atoms with E-state index in [9.17, 15) is 18.4 Å². The third-order valence-corrected chi connectivity index (χ3v) is 3.92. The molecule has 2 aromatic heterocycles. The Balaban J connectivity index is 1.79.